The summed E-state index contributed by atoms with van der Waals surface area (Å²) in [5, 5.41) is 0. The number of amides is 1. The first-order valence-electron chi connectivity index (χ1n) is 10.1. The van der Waals surface area contributed by atoms with Crippen LogP contribution >= 0.6 is 0 Å². The van der Waals surface area contributed by atoms with Crippen LogP contribution in [0.15, 0.2) is 42.5 Å². The molecule has 148 valence electrons. The van der Waals surface area contributed by atoms with Crippen molar-refractivity contribution in [2.24, 2.45) is 0 Å². The van der Waals surface area contributed by atoms with Gasteiger partial charge in [0.25, 0.3) is 0 Å². The molecule has 0 aliphatic carbocycles. The monoisotopic (exact) mass is 380 g/mol. The fraction of sp³-hybridized carbons (Fsp3) is 0.435. The van der Waals surface area contributed by atoms with Crippen molar-refractivity contribution in [2.75, 3.05) is 39.4 Å². The van der Waals surface area contributed by atoms with Crippen molar-refractivity contribution in [1.82, 2.24) is 9.80 Å². The number of nitrogens with zero attached hydrogens (tertiary/aromatic N) is 2. The summed E-state index contributed by atoms with van der Waals surface area (Å²) in [6.07, 6.45) is 1.44. The van der Waals surface area contributed by atoms with Gasteiger partial charge in [-0.3, -0.25) is 9.69 Å². The fourth-order valence-corrected chi connectivity index (χ4v) is 3.87. The minimum absolute atomic E-state index is 0.182. The van der Waals surface area contributed by atoms with E-state index in [9.17, 15) is 4.79 Å². The van der Waals surface area contributed by atoms with Gasteiger partial charge in [0.05, 0.1) is 19.6 Å². The molecule has 2 aromatic rings. The number of rotatable bonds is 6. The van der Waals surface area contributed by atoms with Gasteiger partial charge in [-0.05, 0) is 41.8 Å². The summed E-state index contributed by atoms with van der Waals surface area (Å²) < 4.78 is 11.3. The summed E-state index contributed by atoms with van der Waals surface area (Å²) in [6, 6.07) is 14.4. The highest BCUT2D eigenvalue weighted by molar-refractivity contribution is 5.76. The fourth-order valence-electron chi connectivity index (χ4n) is 3.87. The Morgan fingerprint density at radius 2 is 1.96 bits per heavy atom. The number of carbonyl (C=O) groups is 1. The number of hydrogen-bond donors (Lipinski definition) is 0. The van der Waals surface area contributed by atoms with E-state index in [4.69, 9.17) is 9.47 Å². The molecule has 0 saturated carbocycles. The molecule has 0 unspecified atom stereocenters. The van der Waals surface area contributed by atoms with Crippen LogP contribution in [0.1, 0.15) is 23.1 Å². The van der Waals surface area contributed by atoms with Crippen LogP contribution < -0.4 is 9.47 Å². The number of fused-ring (bicyclic) bond motifs is 1. The first-order valence-corrected chi connectivity index (χ1v) is 10.1. The molecule has 0 aromatic heterocycles. The van der Waals surface area contributed by atoms with E-state index in [0.29, 0.717) is 13.0 Å². The van der Waals surface area contributed by atoms with E-state index in [1.54, 1.807) is 0 Å². The molecule has 2 aliphatic heterocycles. The maximum absolute atomic E-state index is 12.5. The predicted octanol–water partition coefficient (Wildman–Crippen LogP) is 3.04. The van der Waals surface area contributed by atoms with Crippen LogP contribution in [0.25, 0.3) is 0 Å². The van der Waals surface area contributed by atoms with Crippen molar-refractivity contribution in [3.8, 4) is 11.5 Å². The van der Waals surface area contributed by atoms with Gasteiger partial charge in [0, 0.05) is 39.1 Å². The highest BCUT2D eigenvalue weighted by Crippen LogP contribution is 2.26. The Balaban J connectivity index is 1.20. The number of hydrogen-bond acceptors (Lipinski definition) is 4. The first-order chi connectivity index (χ1) is 13.7. The van der Waals surface area contributed by atoms with Gasteiger partial charge in [0.15, 0.2) is 0 Å². The van der Waals surface area contributed by atoms with Gasteiger partial charge >= 0.3 is 0 Å². The lowest BCUT2D eigenvalue weighted by Crippen LogP contribution is -2.48. The Morgan fingerprint density at radius 1 is 1.11 bits per heavy atom. The maximum atomic E-state index is 12.5. The zero-order valence-corrected chi connectivity index (χ0v) is 16.5. The third kappa shape index (κ3) is 4.65. The van der Waals surface area contributed by atoms with Gasteiger partial charge in [0.1, 0.15) is 11.5 Å². The molecule has 28 heavy (non-hydrogen) atoms. The molecular formula is C23H28N2O3. The molecule has 0 N–H and O–H groups in total. The third-order valence-electron chi connectivity index (χ3n) is 5.46. The van der Waals surface area contributed by atoms with Gasteiger partial charge < -0.3 is 14.4 Å². The van der Waals surface area contributed by atoms with Crippen LogP contribution in [0.5, 0.6) is 11.5 Å². The van der Waals surface area contributed by atoms with Gasteiger partial charge in [-0.25, -0.2) is 0 Å². The van der Waals surface area contributed by atoms with Gasteiger partial charge in [-0.15, -0.1) is 0 Å². The van der Waals surface area contributed by atoms with E-state index in [-0.39, 0.29) is 5.91 Å². The van der Waals surface area contributed by atoms with Gasteiger partial charge in [-0.2, -0.15) is 0 Å². The summed E-state index contributed by atoms with van der Waals surface area (Å²) >= 11 is 0. The quantitative estimate of drug-likeness (QED) is 0.773. The lowest BCUT2D eigenvalue weighted by molar-refractivity contribution is -0.133. The molecule has 0 bridgehead atoms. The molecule has 0 atom stereocenters. The molecule has 5 nitrogen and oxygen atoms in total. The Morgan fingerprint density at radius 3 is 2.79 bits per heavy atom. The predicted molar refractivity (Wildman–Crippen MR) is 109 cm³/mol. The highest BCUT2D eigenvalue weighted by atomic mass is 16.5. The Bertz CT molecular complexity index is 828. The summed E-state index contributed by atoms with van der Waals surface area (Å²) in [5.41, 5.74) is 3.81. The molecular weight excluding hydrogens is 352 g/mol. The highest BCUT2D eigenvalue weighted by Gasteiger charge is 2.21. The topological polar surface area (TPSA) is 42.0 Å². The molecule has 2 aromatic carbocycles. The van der Waals surface area contributed by atoms with E-state index in [1.807, 2.05) is 36.1 Å². The van der Waals surface area contributed by atoms with Crippen molar-refractivity contribution in [2.45, 2.75) is 26.3 Å². The molecule has 0 radical (unpaired) electrons. The zero-order valence-electron chi connectivity index (χ0n) is 16.5. The number of ether oxygens (including phenoxy) is 2. The molecule has 5 heteroatoms. The van der Waals surface area contributed by atoms with Crippen LogP contribution in [0.4, 0.5) is 0 Å². The van der Waals surface area contributed by atoms with Crippen molar-refractivity contribution in [1.29, 1.82) is 0 Å². The van der Waals surface area contributed by atoms with Crippen molar-refractivity contribution < 1.29 is 14.3 Å². The van der Waals surface area contributed by atoms with E-state index in [2.05, 4.69) is 23.1 Å². The number of benzene rings is 2. The third-order valence-corrected chi connectivity index (χ3v) is 5.46. The molecule has 1 saturated heterocycles. The SMILES string of the molecule is Cc1cccc(OCCC(=O)N2CCN(Cc3ccc4c(c3)CCO4)CC2)c1. The second-order valence-corrected chi connectivity index (χ2v) is 7.61. The summed E-state index contributed by atoms with van der Waals surface area (Å²) in [7, 11) is 0. The molecule has 0 spiro atoms. The van der Waals surface area contributed by atoms with E-state index in [0.717, 1.165) is 62.8 Å². The Hall–Kier alpha value is -2.53. The Labute approximate surface area is 166 Å². The number of carbonyl (C=O) groups excluding carboxylic acids is 1. The Kier molecular flexibility index (Phi) is 5.81. The largest absolute Gasteiger partial charge is 0.493 e. The summed E-state index contributed by atoms with van der Waals surface area (Å²) in [5.74, 6) is 2.05. The van der Waals surface area contributed by atoms with Crippen LogP contribution in [0.2, 0.25) is 0 Å². The molecule has 1 fully saturated rings. The molecule has 1 amide bonds. The molecule has 4 rings (SSSR count). The average Bonchev–Trinajstić information content (AvgIpc) is 3.16. The lowest BCUT2D eigenvalue weighted by Gasteiger charge is -2.34. The number of piperazine rings is 1. The molecule has 2 heterocycles. The molecule has 2 aliphatic rings. The van der Waals surface area contributed by atoms with Gasteiger partial charge in [-0.1, -0.05) is 24.3 Å². The first kappa shape index (κ1) is 18.8. The minimum atomic E-state index is 0.182. The van der Waals surface area contributed by atoms with Crippen molar-refractivity contribution in [3.63, 3.8) is 0 Å². The number of aryl methyl sites for hydroxylation is 1. The van der Waals surface area contributed by atoms with Crippen molar-refractivity contribution in [3.05, 3.63) is 59.2 Å². The lowest BCUT2D eigenvalue weighted by atomic mass is 10.1. The second kappa shape index (κ2) is 8.65. The normalized spacial score (nSPS) is 16.5. The average molecular weight is 380 g/mol. The van der Waals surface area contributed by atoms with Gasteiger partial charge in [0.2, 0.25) is 5.91 Å². The van der Waals surface area contributed by atoms with E-state index < -0.39 is 0 Å². The van der Waals surface area contributed by atoms with Crippen molar-refractivity contribution >= 4 is 5.91 Å². The summed E-state index contributed by atoms with van der Waals surface area (Å²) in [6.45, 7) is 7.61. The standard InChI is InChI=1S/C23H28N2O3/c1-18-3-2-4-21(15-18)27-14-8-23(26)25-11-9-24(10-12-25)17-19-5-6-22-20(16-19)7-13-28-22/h2-6,15-16H,7-14,17H2,1H3. The van der Waals surface area contributed by atoms with E-state index >= 15 is 0 Å². The smallest absolute Gasteiger partial charge is 0.226 e. The van der Waals surface area contributed by atoms with Crippen LogP contribution in [0.3, 0.4) is 0 Å². The van der Waals surface area contributed by atoms with Crippen LogP contribution in [-0.4, -0.2) is 55.1 Å². The van der Waals surface area contributed by atoms with Crippen LogP contribution in [0, 0.1) is 6.92 Å². The van der Waals surface area contributed by atoms with E-state index in [1.165, 1.54) is 11.1 Å². The zero-order chi connectivity index (χ0) is 19.3. The van der Waals surface area contributed by atoms with Crippen LogP contribution in [-0.2, 0) is 17.8 Å². The maximum Gasteiger partial charge on any atom is 0.226 e. The summed E-state index contributed by atoms with van der Waals surface area (Å²) in [4.78, 5) is 16.8. The second-order valence-electron chi connectivity index (χ2n) is 7.61. The minimum Gasteiger partial charge on any atom is -0.493 e.